The number of hydrogen-bond acceptors (Lipinski definition) is 2. The predicted octanol–water partition coefficient (Wildman–Crippen LogP) is 6.11. The molecule has 1 heterocycles. The van der Waals surface area contributed by atoms with Crippen molar-refractivity contribution in [2.45, 2.75) is 61.1 Å². The number of rotatable bonds is 2. The molecule has 24 heavy (non-hydrogen) atoms. The van der Waals surface area contributed by atoms with Crippen molar-refractivity contribution in [2.24, 2.45) is 5.92 Å². The van der Waals surface area contributed by atoms with Gasteiger partial charge >= 0.3 is 0 Å². The Hall–Kier alpha value is -1.41. The fourth-order valence-electron chi connectivity index (χ4n) is 4.82. The van der Waals surface area contributed by atoms with E-state index in [2.05, 4.69) is 92.4 Å². The summed E-state index contributed by atoms with van der Waals surface area (Å²) >= 11 is 2.06. The highest BCUT2D eigenvalue weighted by Crippen LogP contribution is 2.53. The molecule has 1 fully saturated rings. The van der Waals surface area contributed by atoms with Crippen LogP contribution in [0.25, 0.3) is 0 Å². The average Bonchev–Trinajstić information content (AvgIpc) is 2.55. The van der Waals surface area contributed by atoms with Crippen molar-refractivity contribution in [2.75, 3.05) is 5.32 Å². The fourth-order valence-corrected chi connectivity index (χ4v) is 6.17. The van der Waals surface area contributed by atoms with Crippen LogP contribution in [0.15, 0.2) is 59.5 Å². The summed E-state index contributed by atoms with van der Waals surface area (Å²) in [7, 11) is 0. The van der Waals surface area contributed by atoms with Crippen LogP contribution >= 0.6 is 11.8 Å². The number of para-hydroxylation sites is 1. The van der Waals surface area contributed by atoms with E-state index < -0.39 is 0 Å². The lowest BCUT2D eigenvalue weighted by Gasteiger charge is -2.52. The van der Waals surface area contributed by atoms with E-state index in [0.717, 1.165) is 5.92 Å². The van der Waals surface area contributed by atoms with Crippen LogP contribution in [0, 0.1) is 5.92 Å². The van der Waals surface area contributed by atoms with Gasteiger partial charge in [0.15, 0.2) is 0 Å². The lowest BCUT2D eigenvalue weighted by Crippen LogP contribution is -2.52. The van der Waals surface area contributed by atoms with Gasteiger partial charge in [-0.15, -0.1) is 11.8 Å². The molecule has 0 spiro atoms. The monoisotopic (exact) mass is 337 g/mol. The first kappa shape index (κ1) is 16.1. The van der Waals surface area contributed by atoms with E-state index in [1.807, 2.05) is 0 Å². The molecule has 1 saturated carbocycles. The van der Waals surface area contributed by atoms with Gasteiger partial charge in [-0.2, -0.15) is 0 Å². The largest absolute Gasteiger partial charge is 0.382 e. The highest BCUT2D eigenvalue weighted by molar-refractivity contribution is 8.00. The molecule has 1 nitrogen and oxygen atoms in total. The Bertz CT molecular complexity index is 724. The minimum atomic E-state index is 0.255. The van der Waals surface area contributed by atoms with Crippen molar-refractivity contribution >= 4 is 17.4 Å². The maximum absolute atomic E-state index is 3.88. The second-order valence-corrected chi connectivity index (χ2v) is 9.89. The molecule has 126 valence electrons. The van der Waals surface area contributed by atoms with Crippen LogP contribution in [-0.4, -0.2) is 10.8 Å². The molecule has 0 radical (unpaired) electrons. The third-order valence-corrected chi connectivity index (χ3v) is 7.49. The van der Waals surface area contributed by atoms with Gasteiger partial charge in [0.25, 0.3) is 0 Å². The van der Waals surface area contributed by atoms with E-state index >= 15 is 0 Å². The van der Waals surface area contributed by atoms with E-state index in [1.54, 1.807) is 0 Å². The number of thioether (sulfide) groups is 1. The Morgan fingerprint density at radius 3 is 2.46 bits per heavy atom. The van der Waals surface area contributed by atoms with Crippen molar-refractivity contribution in [3.05, 3.63) is 60.2 Å². The normalized spacial score (nSPS) is 30.8. The molecule has 2 heteroatoms. The van der Waals surface area contributed by atoms with Crippen molar-refractivity contribution in [1.29, 1.82) is 0 Å². The zero-order chi connectivity index (χ0) is 16.8. The number of nitrogens with one attached hydrogen (secondary N) is 1. The van der Waals surface area contributed by atoms with E-state index in [1.165, 1.54) is 35.4 Å². The van der Waals surface area contributed by atoms with Crippen LogP contribution in [0.2, 0.25) is 0 Å². The van der Waals surface area contributed by atoms with Gasteiger partial charge in [-0.05, 0) is 54.4 Å². The molecule has 1 aliphatic heterocycles. The molecule has 1 N–H and O–H groups in total. The van der Waals surface area contributed by atoms with Crippen molar-refractivity contribution < 1.29 is 0 Å². The smallest absolute Gasteiger partial charge is 0.0380 e. The van der Waals surface area contributed by atoms with Crippen molar-refractivity contribution in [3.63, 3.8) is 0 Å². The Balaban J connectivity index is 1.60. The molecule has 0 unspecified atom stereocenters. The first-order chi connectivity index (χ1) is 11.5. The van der Waals surface area contributed by atoms with Crippen LogP contribution in [0.5, 0.6) is 0 Å². The Morgan fingerprint density at radius 2 is 1.67 bits per heavy atom. The van der Waals surface area contributed by atoms with Crippen molar-refractivity contribution in [3.8, 4) is 0 Å². The number of fused-ring (bicyclic) bond motifs is 2. The Kier molecular flexibility index (Phi) is 3.91. The molecule has 2 aliphatic rings. The molecule has 0 bridgehead atoms. The van der Waals surface area contributed by atoms with Gasteiger partial charge < -0.3 is 5.32 Å². The molecule has 0 amide bonds. The van der Waals surface area contributed by atoms with Gasteiger partial charge in [0.1, 0.15) is 0 Å². The minimum Gasteiger partial charge on any atom is -0.382 e. The summed E-state index contributed by atoms with van der Waals surface area (Å²) in [5, 5.41) is 3.88. The van der Waals surface area contributed by atoms with Crippen LogP contribution < -0.4 is 5.32 Å². The predicted molar refractivity (Wildman–Crippen MR) is 105 cm³/mol. The maximum atomic E-state index is 3.88. The highest BCUT2D eigenvalue weighted by atomic mass is 32.2. The van der Waals surface area contributed by atoms with E-state index in [9.17, 15) is 0 Å². The van der Waals surface area contributed by atoms with Gasteiger partial charge in [0, 0.05) is 21.4 Å². The number of hydrogen-bond donors (Lipinski definition) is 1. The van der Waals surface area contributed by atoms with Gasteiger partial charge in [-0.3, -0.25) is 0 Å². The molecule has 0 aromatic heterocycles. The van der Waals surface area contributed by atoms with Gasteiger partial charge in [-0.25, -0.2) is 0 Å². The van der Waals surface area contributed by atoms with Crippen LogP contribution in [0.4, 0.5) is 5.69 Å². The zero-order valence-electron chi connectivity index (χ0n) is 14.9. The summed E-state index contributed by atoms with van der Waals surface area (Å²) < 4.78 is 0.317. The molecule has 2 aromatic rings. The third kappa shape index (κ3) is 2.75. The van der Waals surface area contributed by atoms with Crippen LogP contribution in [0.1, 0.15) is 45.6 Å². The average molecular weight is 338 g/mol. The molecule has 4 rings (SSSR count). The van der Waals surface area contributed by atoms with Crippen LogP contribution in [0.3, 0.4) is 0 Å². The summed E-state index contributed by atoms with van der Waals surface area (Å²) in [5.74, 6) is 0.719. The lowest BCUT2D eigenvalue weighted by molar-refractivity contribution is 0.186. The first-order valence-electron chi connectivity index (χ1n) is 9.08. The lowest BCUT2D eigenvalue weighted by atomic mass is 9.61. The second-order valence-electron chi connectivity index (χ2n) is 8.23. The zero-order valence-corrected chi connectivity index (χ0v) is 15.7. The van der Waals surface area contributed by atoms with E-state index in [0.29, 0.717) is 10.8 Å². The summed E-state index contributed by atoms with van der Waals surface area (Å²) in [4.78, 5) is 1.40. The summed E-state index contributed by atoms with van der Waals surface area (Å²) in [6.45, 7) is 7.34. The van der Waals surface area contributed by atoms with Gasteiger partial charge in [0.2, 0.25) is 0 Å². The quantitative estimate of drug-likeness (QED) is 0.709. The Labute approximate surface area is 150 Å². The molecule has 0 saturated heterocycles. The van der Waals surface area contributed by atoms with Crippen LogP contribution in [-0.2, 0) is 5.41 Å². The molecular formula is C22H27NS. The molecular weight excluding hydrogens is 310 g/mol. The number of benzene rings is 2. The minimum absolute atomic E-state index is 0.255. The Morgan fingerprint density at radius 1 is 0.958 bits per heavy atom. The summed E-state index contributed by atoms with van der Waals surface area (Å²) in [6, 6.07) is 20.4. The summed E-state index contributed by atoms with van der Waals surface area (Å²) in [6.07, 6.45) is 3.82. The van der Waals surface area contributed by atoms with Crippen molar-refractivity contribution in [1.82, 2.24) is 0 Å². The van der Waals surface area contributed by atoms with Gasteiger partial charge in [-0.1, -0.05) is 57.2 Å². The molecule has 3 atom stereocenters. The number of anilines is 1. The fraction of sp³-hybridized carbons (Fsp3) is 0.455. The van der Waals surface area contributed by atoms with E-state index in [-0.39, 0.29) is 5.41 Å². The second kappa shape index (κ2) is 5.84. The third-order valence-electron chi connectivity index (χ3n) is 6.12. The standard InChI is InChI=1S/C22H27NS/c1-21(2)17-11-7-8-12-19(17)23-20-15-22(3,14-13-18(20)21)24-16-9-5-4-6-10-16/h4-12,18,20,23H,13-15H2,1-3H3/t18-,20-,22-/m0/s1. The summed E-state index contributed by atoms with van der Waals surface area (Å²) in [5.41, 5.74) is 3.09. The van der Waals surface area contributed by atoms with Gasteiger partial charge in [0.05, 0.1) is 0 Å². The van der Waals surface area contributed by atoms with E-state index in [4.69, 9.17) is 0 Å². The maximum Gasteiger partial charge on any atom is 0.0380 e. The molecule has 1 aliphatic carbocycles. The topological polar surface area (TPSA) is 12.0 Å². The SMILES string of the molecule is CC1(C)c2ccccc2N[C@H]2C[C@@](C)(Sc3ccccc3)CC[C@@H]21. The molecule has 2 aromatic carbocycles. The highest BCUT2D eigenvalue weighted by Gasteiger charge is 2.48. The first-order valence-corrected chi connectivity index (χ1v) is 9.90.